The van der Waals surface area contributed by atoms with Gasteiger partial charge in [-0.05, 0) is 0 Å². The van der Waals surface area contributed by atoms with Gasteiger partial charge in [0.25, 0.3) is 0 Å². The molecule has 0 bridgehead atoms. The van der Waals surface area contributed by atoms with Crippen molar-refractivity contribution in [3.63, 3.8) is 0 Å². The van der Waals surface area contributed by atoms with Crippen LogP contribution < -0.4 is 0 Å². The van der Waals surface area contributed by atoms with Crippen molar-refractivity contribution in [3.8, 4) is 0 Å². The molecule has 0 aliphatic heterocycles. The summed E-state index contributed by atoms with van der Waals surface area (Å²) in [6.45, 7) is 11.5. The maximum atomic E-state index is 11.4. The Balaban J connectivity index is 4.40. The van der Waals surface area contributed by atoms with Gasteiger partial charge >= 0.3 is 0 Å². The highest BCUT2D eigenvalue weighted by atomic mass is 16.3. The minimum atomic E-state index is -0.280. The van der Waals surface area contributed by atoms with Gasteiger partial charge in [-0.15, -0.1) is 0 Å². The van der Waals surface area contributed by atoms with Crippen molar-refractivity contribution in [2.45, 2.75) is 52.6 Å². The highest BCUT2D eigenvalue weighted by Gasteiger charge is 2.39. The van der Waals surface area contributed by atoms with Crippen LogP contribution in [0.25, 0.3) is 0 Å². The fourth-order valence-corrected chi connectivity index (χ4v) is 1.01. The standard InChI is InChI=1S/C8H18NO/c1-7(2,3)9(10)8(4,5)6/h1-6H3/q+1. The molecule has 0 spiro atoms. The lowest BCUT2D eigenvalue weighted by atomic mass is 10.0. The fourth-order valence-electron chi connectivity index (χ4n) is 1.01. The highest BCUT2D eigenvalue weighted by Crippen LogP contribution is 2.17. The van der Waals surface area contributed by atoms with E-state index in [2.05, 4.69) is 0 Å². The molecule has 2 nitrogen and oxygen atoms in total. The molecule has 0 aromatic rings. The third-order valence-corrected chi connectivity index (χ3v) is 1.22. The van der Waals surface area contributed by atoms with Crippen LogP contribution in [0.15, 0.2) is 0 Å². The molecule has 0 rings (SSSR count). The molecule has 0 aromatic carbocycles. The lowest BCUT2D eigenvalue weighted by Gasteiger charge is -2.18. The van der Waals surface area contributed by atoms with E-state index in [0.29, 0.717) is 0 Å². The maximum Gasteiger partial charge on any atom is 0.202 e. The van der Waals surface area contributed by atoms with Gasteiger partial charge in [-0.1, -0.05) is 0 Å². The van der Waals surface area contributed by atoms with Crippen LogP contribution in [0, 0.1) is 4.91 Å². The first kappa shape index (κ1) is 9.60. The van der Waals surface area contributed by atoms with Gasteiger partial charge in [0, 0.05) is 51.2 Å². The average molecular weight is 144 g/mol. The molecule has 0 radical (unpaired) electrons. The molecule has 60 valence electrons. The van der Waals surface area contributed by atoms with Crippen molar-refractivity contribution in [1.29, 1.82) is 0 Å². The van der Waals surface area contributed by atoms with Crippen molar-refractivity contribution in [1.82, 2.24) is 0 Å². The summed E-state index contributed by atoms with van der Waals surface area (Å²) in [6.07, 6.45) is 0. The largest absolute Gasteiger partial charge is 0.202 e. The van der Waals surface area contributed by atoms with Crippen LogP contribution in [0.1, 0.15) is 41.5 Å². The summed E-state index contributed by atoms with van der Waals surface area (Å²) in [4.78, 5) is 11.4. The van der Waals surface area contributed by atoms with Gasteiger partial charge in [-0.3, -0.25) is 0 Å². The first-order valence-corrected chi connectivity index (χ1v) is 3.63. The summed E-state index contributed by atoms with van der Waals surface area (Å²) in [5, 5.41) is 0. The van der Waals surface area contributed by atoms with E-state index in [4.69, 9.17) is 0 Å². The van der Waals surface area contributed by atoms with Gasteiger partial charge in [0.05, 0.1) is 0 Å². The molecule has 0 saturated heterocycles. The van der Waals surface area contributed by atoms with Crippen LogP contribution in [-0.4, -0.2) is 15.8 Å². The smallest absolute Gasteiger partial charge is 0.00396 e. The van der Waals surface area contributed by atoms with E-state index in [-0.39, 0.29) is 11.1 Å². The lowest BCUT2D eigenvalue weighted by Crippen LogP contribution is -2.43. The minimum Gasteiger partial charge on any atom is 0.00396 e. The molecule has 0 aromatic heterocycles. The molecule has 0 unspecified atom stereocenters. The van der Waals surface area contributed by atoms with Crippen molar-refractivity contribution >= 4 is 0 Å². The second-order valence-electron chi connectivity index (χ2n) is 4.64. The first-order chi connectivity index (χ1) is 4.15. The third kappa shape index (κ3) is 2.46. The van der Waals surface area contributed by atoms with Crippen LogP contribution in [0.4, 0.5) is 0 Å². The molecular formula is C8H18NO+. The number of hydrogen-bond acceptors (Lipinski definition) is 1. The lowest BCUT2D eigenvalue weighted by molar-refractivity contribution is -0.674. The second-order valence-corrected chi connectivity index (χ2v) is 4.64. The van der Waals surface area contributed by atoms with Crippen LogP contribution in [0.5, 0.6) is 0 Å². The summed E-state index contributed by atoms with van der Waals surface area (Å²) in [6, 6.07) is 0. The number of nitrogens with zero attached hydrogens (tertiary/aromatic N) is 1. The second kappa shape index (κ2) is 2.33. The third-order valence-electron chi connectivity index (χ3n) is 1.22. The van der Waals surface area contributed by atoms with E-state index in [1.54, 1.807) is 0 Å². The summed E-state index contributed by atoms with van der Waals surface area (Å²) >= 11 is 0. The molecule has 0 N–H and O–H groups in total. The molecule has 0 heterocycles. The van der Waals surface area contributed by atoms with Crippen LogP contribution >= 0.6 is 0 Å². The number of rotatable bonds is 0. The minimum absolute atomic E-state index is 0.280. The summed E-state index contributed by atoms with van der Waals surface area (Å²) in [5.41, 5.74) is -0.559. The number of nitroso groups, excluding NO2 is 1. The van der Waals surface area contributed by atoms with Crippen molar-refractivity contribution in [2.24, 2.45) is 0 Å². The van der Waals surface area contributed by atoms with Crippen molar-refractivity contribution < 1.29 is 4.76 Å². The predicted molar refractivity (Wildman–Crippen MR) is 43.1 cm³/mol. The van der Waals surface area contributed by atoms with Gasteiger partial charge in [0.1, 0.15) is 0 Å². The predicted octanol–water partition coefficient (Wildman–Crippen LogP) is 2.36. The topological polar surface area (TPSA) is 20.1 Å². The average Bonchev–Trinajstić information content (AvgIpc) is 1.59. The summed E-state index contributed by atoms with van der Waals surface area (Å²) < 4.78 is 1.12. The van der Waals surface area contributed by atoms with Gasteiger partial charge in [0.15, 0.2) is 0 Å². The Labute approximate surface area is 63.2 Å². The van der Waals surface area contributed by atoms with E-state index in [9.17, 15) is 4.91 Å². The SMILES string of the molecule is CC(C)(C)[N+](=O)C(C)(C)C. The zero-order valence-electron chi connectivity index (χ0n) is 7.86. The van der Waals surface area contributed by atoms with Crippen LogP contribution in [0.3, 0.4) is 0 Å². The normalized spacial score (nSPS) is 13.4. The first-order valence-electron chi connectivity index (χ1n) is 3.63. The molecule has 10 heavy (non-hydrogen) atoms. The van der Waals surface area contributed by atoms with E-state index < -0.39 is 0 Å². The quantitative estimate of drug-likeness (QED) is 0.478. The van der Waals surface area contributed by atoms with E-state index in [1.807, 2.05) is 41.5 Å². The molecule has 0 amide bonds. The Morgan fingerprint density at radius 1 is 0.800 bits per heavy atom. The molecular weight excluding hydrogens is 126 g/mol. The van der Waals surface area contributed by atoms with Crippen molar-refractivity contribution in [3.05, 3.63) is 4.91 Å². The monoisotopic (exact) mass is 144 g/mol. The Morgan fingerprint density at radius 3 is 1.00 bits per heavy atom. The Bertz CT molecular complexity index is 120. The molecule has 0 aliphatic rings. The zero-order valence-corrected chi connectivity index (χ0v) is 7.86. The molecule has 0 fully saturated rings. The number of hydrogen-bond donors (Lipinski definition) is 0. The van der Waals surface area contributed by atoms with Gasteiger partial charge in [-0.25, -0.2) is 0 Å². The highest BCUT2D eigenvalue weighted by molar-refractivity contribution is 4.64. The van der Waals surface area contributed by atoms with Crippen LogP contribution in [0.2, 0.25) is 0 Å². The zero-order chi connectivity index (χ0) is 8.58. The molecule has 0 saturated carbocycles. The van der Waals surface area contributed by atoms with E-state index >= 15 is 0 Å². The molecule has 2 heteroatoms. The van der Waals surface area contributed by atoms with Gasteiger partial charge < -0.3 is 0 Å². The fraction of sp³-hybridized carbons (Fsp3) is 1.00. The van der Waals surface area contributed by atoms with E-state index in [1.165, 1.54) is 0 Å². The van der Waals surface area contributed by atoms with Gasteiger partial charge in [0.2, 0.25) is 11.1 Å². The molecule has 0 atom stereocenters. The summed E-state index contributed by atoms with van der Waals surface area (Å²) in [7, 11) is 0. The maximum absolute atomic E-state index is 11.4. The Morgan fingerprint density at radius 2 is 1.00 bits per heavy atom. The Hall–Kier alpha value is -0.400. The van der Waals surface area contributed by atoms with Crippen LogP contribution in [-0.2, 0) is 0 Å². The van der Waals surface area contributed by atoms with Gasteiger partial charge in [-0.2, -0.15) is 0 Å². The Kier molecular flexibility index (Phi) is 2.24. The molecule has 0 aliphatic carbocycles. The van der Waals surface area contributed by atoms with Crippen molar-refractivity contribution in [2.75, 3.05) is 0 Å². The summed E-state index contributed by atoms with van der Waals surface area (Å²) in [5.74, 6) is 0. The van der Waals surface area contributed by atoms with E-state index in [0.717, 1.165) is 4.76 Å².